The Morgan fingerprint density at radius 2 is 1.62 bits per heavy atom. The molecule has 0 aromatic heterocycles. The molecule has 5 unspecified atom stereocenters. The molecule has 5 atom stereocenters. The number of aromatic carboxylic acids is 1. The molecule has 2 aliphatic rings. The van der Waals surface area contributed by atoms with Crippen LogP contribution in [-0.4, -0.2) is 123 Å². The zero-order valence-corrected chi connectivity index (χ0v) is 33.4. The highest BCUT2D eigenvalue weighted by Gasteiger charge is 2.45. The molecule has 2 heterocycles. The number of nitro benzene ring substituents is 1. The molecule has 5 N–H and O–H groups in total. The van der Waals surface area contributed by atoms with E-state index in [1.54, 1.807) is 20.8 Å². The Hall–Kier alpha value is -6.14. The van der Waals surface area contributed by atoms with Gasteiger partial charge in [0, 0.05) is 36.9 Å². The van der Waals surface area contributed by atoms with Crippen LogP contribution in [0.2, 0.25) is 0 Å². The number of non-ortho nitro benzene ring substituents is 1. The van der Waals surface area contributed by atoms with Crippen molar-refractivity contribution in [3.05, 3.63) is 63.7 Å². The number of esters is 1. The maximum atomic E-state index is 14.4. The van der Waals surface area contributed by atoms with E-state index >= 15 is 0 Å². The van der Waals surface area contributed by atoms with Crippen molar-refractivity contribution in [1.82, 2.24) is 25.8 Å². The highest BCUT2D eigenvalue weighted by molar-refractivity contribution is 6.01. The number of hydrogen-bond acceptors (Lipinski definition) is 11. The molecule has 19 heteroatoms. The molecule has 3 rings (SSSR count). The average molecular weight is 813 g/mol. The van der Waals surface area contributed by atoms with E-state index in [1.807, 2.05) is 13.8 Å². The lowest BCUT2D eigenvalue weighted by molar-refractivity contribution is -0.384. The standard InChI is InChI=1S/C39H52N6O13/c1-21(2)15-27(35(50)43-14-10-12-28(43)38(54)55)41-34(49)29-16-22(3)20-44(29)36(51)31(39(4,5)6)42-33(48)26(11-8-9-13-30(46)58-7)40-32(47)23-17-24(37(52)53)19-25(18-23)45(56)57/h9,13,17-19,21,26-29,31H,3,8,10-12,14-16,20H2,1-2,4-7H3,(H,40,47)(H,41,49)(H,42,48)(H,52,53)(H,54,55)/b13-9+. The minimum atomic E-state index is -1.54. The summed E-state index contributed by atoms with van der Waals surface area (Å²) in [4.78, 5) is 118. The van der Waals surface area contributed by atoms with Gasteiger partial charge in [0.05, 0.1) is 17.6 Å². The number of carboxylic acid groups (broad SMARTS) is 2. The summed E-state index contributed by atoms with van der Waals surface area (Å²) in [5, 5.41) is 38.5. The lowest BCUT2D eigenvalue weighted by Gasteiger charge is -2.36. The minimum Gasteiger partial charge on any atom is -0.480 e. The fourth-order valence-electron chi connectivity index (χ4n) is 6.76. The Bertz CT molecular complexity index is 1820. The van der Waals surface area contributed by atoms with Crippen LogP contribution < -0.4 is 16.0 Å². The molecule has 2 aliphatic heterocycles. The Kier molecular flexibility index (Phi) is 15.8. The number of hydrogen-bond donors (Lipinski definition) is 5. The van der Waals surface area contributed by atoms with Crippen LogP contribution in [0.5, 0.6) is 0 Å². The van der Waals surface area contributed by atoms with Crippen molar-refractivity contribution in [1.29, 1.82) is 0 Å². The Labute approximate surface area is 335 Å². The summed E-state index contributed by atoms with van der Waals surface area (Å²) in [7, 11) is 1.16. The molecule has 0 bridgehead atoms. The van der Waals surface area contributed by atoms with E-state index in [2.05, 4.69) is 27.3 Å². The lowest BCUT2D eigenvalue weighted by atomic mass is 9.85. The van der Waals surface area contributed by atoms with Gasteiger partial charge in [0.1, 0.15) is 30.2 Å². The van der Waals surface area contributed by atoms with Gasteiger partial charge in [0.25, 0.3) is 11.6 Å². The van der Waals surface area contributed by atoms with Gasteiger partial charge < -0.3 is 40.7 Å². The summed E-state index contributed by atoms with van der Waals surface area (Å²) in [5.41, 5.74) is -2.15. The number of benzene rings is 1. The van der Waals surface area contributed by atoms with Crippen LogP contribution in [0, 0.1) is 21.4 Å². The van der Waals surface area contributed by atoms with Crippen LogP contribution in [0.25, 0.3) is 0 Å². The third-order valence-electron chi connectivity index (χ3n) is 9.72. The summed E-state index contributed by atoms with van der Waals surface area (Å²) in [6, 6.07) is -3.49. The molecule has 1 aromatic rings. The van der Waals surface area contributed by atoms with E-state index in [0.717, 1.165) is 31.4 Å². The van der Waals surface area contributed by atoms with Gasteiger partial charge in [-0.15, -0.1) is 0 Å². The van der Waals surface area contributed by atoms with Gasteiger partial charge in [-0.25, -0.2) is 14.4 Å². The van der Waals surface area contributed by atoms with Crippen molar-refractivity contribution in [3.8, 4) is 0 Å². The van der Waals surface area contributed by atoms with Crippen molar-refractivity contribution in [2.24, 2.45) is 11.3 Å². The maximum absolute atomic E-state index is 14.4. The number of nitrogens with one attached hydrogen (secondary N) is 3. The first kappa shape index (κ1) is 46.2. The van der Waals surface area contributed by atoms with E-state index in [9.17, 15) is 58.7 Å². The third-order valence-corrected chi connectivity index (χ3v) is 9.72. The number of carbonyl (C=O) groups is 8. The molecule has 19 nitrogen and oxygen atoms in total. The topological polar surface area (TPSA) is 272 Å². The summed E-state index contributed by atoms with van der Waals surface area (Å²) >= 11 is 0. The summed E-state index contributed by atoms with van der Waals surface area (Å²) < 4.78 is 4.58. The Balaban J connectivity index is 1.91. The van der Waals surface area contributed by atoms with Crippen LogP contribution in [0.15, 0.2) is 42.5 Å². The number of methoxy groups -OCH3 is 1. The number of ether oxygens (including phenoxy) is 1. The van der Waals surface area contributed by atoms with Gasteiger partial charge in [-0.05, 0) is 55.9 Å². The second-order valence-electron chi connectivity index (χ2n) is 15.8. The largest absolute Gasteiger partial charge is 0.480 e. The van der Waals surface area contributed by atoms with E-state index < -0.39 is 105 Å². The quantitative estimate of drug-likeness (QED) is 0.0497. The van der Waals surface area contributed by atoms with E-state index in [4.69, 9.17) is 0 Å². The van der Waals surface area contributed by atoms with Gasteiger partial charge in [0.15, 0.2) is 0 Å². The molecule has 2 fully saturated rings. The molecular formula is C39H52N6O13. The minimum absolute atomic E-state index is 0.0199. The zero-order valence-electron chi connectivity index (χ0n) is 33.4. The third kappa shape index (κ3) is 12.2. The highest BCUT2D eigenvalue weighted by Crippen LogP contribution is 2.29. The van der Waals surface area contributed by atoms with Gasteiger partial charge in [-0.3, -0.25) is 34.1 Å². The number of nitro groups is 1. The fraction of sp³-hybridized carbons (Fsp3) is 0.538. The van der Waals surface area contributed by atoms with Gasteiger partial charge in [-0.1, -0.05) is 52.8 Å². The van der Waals surface area contributed by atoms with Gasteiger partial charge >= 0.3 is 17.9 Å². The van der Waals surface area contributed by atoms with Gasteiger partial charge in [-0.2, -0.15) is 0 Å². The number of nitrogens with zero attached hydrogens (tertiary/aromatic N) is 3. The van der Waals surface area contributed by atoms with Crippen LogP contribution in [-0.2, 0) is 33.5 Å². The number of likely N-dealkylation sites (tertiary alicyclic amines) is 2. The van der Waals surface area contributed by atoms with Crippen LogP contribution in [0.4, 0.5) is 5.69 Å². The average Bonchev–Trinajstić information content (AvgIpc) is 3.80. The van der Waals surface area contributed by atoms with E-state index in [1.165, 1.54) is 15.9 Å². The van der Waals surface area contributed by atoms with Gasteiger partial charge in [0.2, 0.25) is 23.6 Å². The van der Waals surface area contributed by atoms with Crippen LogP contribution >= 0.6 is 0 Å². The smallest absolute Gasteiger partial charge is 0.335 e. The molecular weight excluding hydrogens is 760 g/mol. The number of amides is 5. The van der Waals surface area contributed by atoms with E-state index in [-0.39, 0.29) is 51.1 Å². The number of carboxylic acids is 2. The monoisotopic (exact) mass is 812 g/mol. The molecule has 316 valence electrons. The fourth-order valence-corrected chi connectivity index (χ4v) is 6.76. The van der Waals surface area contributed by atoms with Crippen molar-refractivity contribution in [2.45, 2.75) is 103 Å². The molecule has 0 aliphatic carbocycles. The number of allylic oxidation sites excluding steroid dienone is 1. The van der Waals surface area contributed by atoms with Crippen LogP contribution in [0.3, 0.4) is 0 Å². The summed E-state index contributed by atoms with van der Waals surface area (Å²) in [6.45, 7) is 12.8. The SMILES string of the molecule is C=C1CC(C(=O)NC(CC(C)C)C(=O)N2CCCC2C(=O)O)N(C(=O)C(NC(=O)C(CC/C=C/C(=O)OC)NC(=O)c2cc(C(=O)O)cc([N+](=O)[O-])c2)C(C)(C)C)C1. The second-order valence-corrected chi connectivity index (χ2v) is 15.8. The second kappa shape index (κ2) is 19.8. The Morgan fingerprint density at radius 3 is 2.19 bits per heavy atom. The first-order valence-corrected chi connectivity index (χ1v) is 18.7. The Morgan fingerprint density at radius 1 is 0.966 bits per heavy atom. The predicted molar refractivity (Wildman–Crippen MR) is 206 cm³/mol. The van der Waals surface area contributed by atoms with Crippen molar-refractivity contribution in [2.75, 3.05) is 20.2 Å². The summed E-state index contributed by atoms with van der Waals surface area (Å²) in [6.07, 6.45) is 3.35. The molecule has 0 saturated carbocycles. The predicted octanol–water partition coefficient (Wildman–Crippen LogP) is 2.20. The number of rotatable bonds is 17. The molecule has 2 saturated heterocycles. The number of aliphatic carboxylic acids is 1. The zero-order chi connectivity index (χ0) is 43.6. The number of carbonyl (C=O) groups excluding carboxylic acids is 6. The maximum Gasteiger partial charge on any atom is 0.335 e. The summed E-state index contributed by atoms with van der Waals surface area (Å²) in [5.74, 6) is -7.25. The molecule has 1 aromatic carbocycles. The molecule has 5 amide bonds. The molecule has 58 heavy (non-hydrogen) atoms. The lowest BCUT2D eigenvalue weighted by Crippen LogP contribution is -2.61. The van der Waals surface area contributed by atoms with Crippen LogP contribution in [0.1, 0.15) is 93.9 Å². The van der Waals surface area contributed by atoms with Crippen molar-refractivity contribution < 1.29 is 58.2 Å². The highest BCUT2D eigenvalue weighted by atomic mass is 16.6. The molecule has 0 radical (unpaired) electrons. The molecule has 0 spiro atoms. The normalized spacial score (nSPS) is 18.4. The van der Waals surface area contributed by atoms with Crippen molar-refractivity contribution >= 4 is 53.1 Å². The van der Waals surface area contributed by atoms with Crippen molar-refractivity contribution in [3.63, 3.8) is 0 Å². The first-order chi connectivity index (χ1) is 27.0. The first-order valence-electron chi connectivity index (χ1n) is 18.7. The van der Waals surface area contributed by atoms with E-state index in [0.29, 0.717) is 12.0 Å².